The highest BCUT2D eigenvalue weighted by Gasteiger charge is 2.29. The van der Waals surface area contributed by atoms with Gasteiger partial charge >= 0.3 is 0 Å². The summed E-state index contributed by atoms with van der Waals surface area (Å²) < 4.78 is 15.3. The fourth-order valence-corrected chi connectivity index (χ4v) is 2.37. The van der Waals surface area contributed by atoms with Crippen molar-refractivity contribution >= 4 is 18.3 Å². The van der Waals surface area contributed by atoms with Crippen LogP contribution in [-0.4, -0.2) is 28.5 Å². The number of nitrogens with one attached hydrogen (secondary N) is 2. The first-order valence-corrected chi connectivity index (χ1v) is 6.89. The Morgan fingerprint density at radius 1 is 1.50 bits per heavy atom. The first-order chi connectivity index (χ1) is 10.1. The summed E-state index contributed by atoms with van der Waals surface area (Å²) in [6.07, 6.45) is 3.47. The Labute approximate surface area is 134 Å². The van der Waals surface area contributed by atoms with Crippen molar-refractivity contribution in [1.29, 1.82) is 0 Å². The Bertz CT molecular complexity index is 656. The third kappa shape index (κ3) is 3.28. The van der Waals surface area contributed by atoms with Crippen LogP contribution >= 0.6 is 12.4 Å². The van der Waals surface area contributed by atoms with E-state index in [2.05, 4.69) is 15.6 Å². The minimum absolute atomic E-state index is 0. The summed E-state index contributed by atoms with van der Waals surface area (Å²) in [6.45, 7) is 1.37. The van der Waals surface area contributed by atoms with Crippen LogP contribution in [0.2, 0.25) is 0 Å². The minimum Gasteiger partial charge on any atom is -0.342 e. The second kappa shape index (κ2) is 6.89. The smallest absolute Gasteiger partial charge is 0.226 e. The van der Waals surface area contributed by atoms with E-state index in [0.717, 1.165) is 0 Å². The lowest BCUT2D eigenvalue weighted by atomic mass is 10.00. The maximum atomic E-state index is 13.5. The van der Waals surface area contributed by atoms with Crippen molar-refractivity contribution in [2.24, 2.45) is 13.0 Å². The Morgan fingerprint density at radius 3 is 2.82 bits per heavy atom. The standard InChI is InChI=1S/C15H17FN4O.ClH/c1-20-6-5-18-14(20)13(10-3-2-4-12(16)7-10)19-15(21)11-8-17-9-11;/h2-7,11,13,17H,8-9H2,1H3,(H,19,21);1H. The molecule has 22 heavy (non-hydrogen) atoms. The molecular weight excluding hydrogens is 307 g/mol. The zero-order valence-corrected chi connectivity index (χ0v) is 12.9. The molecule has 1 amide bonds. The molecule has 1 fully saturated rings. The predicted octanol–water partition coefficient (Wildman–Crippen LogP) is 1.41. The van der Waals surface area contributed by atoms with Crippen molar-refractivity contribution < 1.29 is 9.18 Å². The maximum absolute atomic E-state index is 13.5. The van der Waals surface area contributed by atoms with Gasteiger partial charge in [0, 0.05) is 32.5 Å². The second-order valence-corrected chi connectivity index (χ2v) is 5.25. The molecule has 1 atom stereocenters. The molecule has 5 nitrogen and oxygen atoms in total. The monoisotopic (exact) mass is 324 g/mol. The van der Waals surface area contributed by atoms with Crippen LogP contribution in [0.15, 0.2) is 36.7 Å². The molecule has 2 N–H and O–H groups in total. The lowest BCUT2D eigenvalue weighted by molar-refractivity contribution is -0.127. The number of carbonyl (C=O) groups excluding carboxylic acids is 1. The van der Waals surface area contributed by atoms with E-state index in [1.165, 1.54) is 12.1 Å². The molecule has 1 saturated heterocycles. The van der Waals surface area contributed by atoms with Crippen molar-refractivity contribution in [3.8, 4) is 0 Å². The minimum atomic E-state index is -0.450. The van der Waals surface area contributed by atoms with Gasteiger partial charge in [0.1, 0.15) is 17.7 Å². The first kappa shape index (κ1) is 16.5. The Morgan fingerprint density at radius 2 is 2.27 bits per heavy atom. The van der Waals surface area contributed by atoms with Gasteiger partial charge in [-0.15, -0.1) is 12.4 Å². The Hall–Kier alpha value is -1.92. The molecule has 1 unspecified atom stereocenters. The highest BCUT2D eigenvalue weighted by Crippen LogP contribution is 2.22. The molecule has 3 rings (SSSR count). The van der Waals surface area contributed by atoms with Gasteiger partial charge in [-0.25, -0.2) is 9.37 Å². The van der Waals surface area contributed by atoms with Crippen LogP contribution in [0.25, 0.3) is 0 Å². The lowest BCUT2D eigenvalue weighted by Crippen LogP contribution is -2.51. The number of aryl methyl sites for hydroxylation is 1. The summed E-state index contributed by atoms with van der Waals surface area (Å²) in [5.74, 6) is 0.292. The number of hydrogen-bond donors (Lipinski definition) is 2. The van der Waals surface area contributed by atoms with Gasteiger partial charge < -0.3 is 15.2 Å². The number of imidazole rings is 1. The van der Waals surface area contributed by atoms with E-state index >= 15 is 0 Å². The van der Waals surface area contributed by atoms with E-state index in [0.29, 0.717) is 24.5 Å². The Kier molecular flexibility index (Phi) is 5.15. The second-order valence-electron chi connectivity index (χ2n) is 5.25. The Balaban J connectivity index is 0.00000176. The van der Waals surface area contributed by atoms with Crippen molar-refractivity contribution in [2.45, 2.75) is 6.04 Å². The molecule has 1 aliphatic rings. The van der Waals surface area contributed by atoms with Crippen molar-refractivity contribution in [3.63, 3.8) is 0 Å². The van der Waals surface area contributed by atoms with Crippen LogP contribution in [0, 0.1) is 11.7 Å². The first-order valence-electron chi connectivity index (χ1n) is 6.89. The summed E-state index contributed by atoms with van der Waals surface area (Å²) in [4.78, 5) is 16.5. The number of halogens is 2. The molecule has 0 bridgehead atoms. The average molecular weight is 325 g/mol. The van der Waals surface area contributed by atoms with E-state index in [1.54, 1.807) is 24.5 Å². The molecule has 2 aromatic rings. The molecular formula is C15H18ClFN4O. The van der Waals surface area contributed by atoms with Crippen LogP contribution in [0.5, 0.6) is 0 Å². The molecule has 7 heteroatoms. The summed E-state index contributed by atoms with van der Waals surface area (Å²) >= 11 is 0. The SMILES string of the molecule is Cl.Cn1ccnc1C(NC(=O)C1CNC1)c1cccc(F)c1. The van der Waals surface area contributed by atoms with Gasteiger partial charge in [-0.3, -0.25) is 4.79 Å². The van der Waals surface area contributed by atoms with Gasteiger partial charge in [0.2, 0.25) is 5.91 Å². The molecule has 1 aromatic heterocycles. The van der Waals surface area contributed by atoms with Crippen LogP contribution in [0.1, 0.15) is 17.4 Å². The lowest BCUT2D eigenvalue weighted by Gasteiger charge is -2.28. The molecule has 0 radical (unpaired) electrons. The molecule has 0 spiro atoms. The van der Waals surface area contributed by atoms with Gasteiger partial charge in [-0.2, -0.15) is 0 Å². The summed E-state index contributed by atoms with van der Waals surface area (Å²) in [5, 5.41) is 6.05. The quantitative estimate of drug-likeness (QED) is 0.894. The number of rotatable bonds is 4. The van der Waals surface area contributed by atoms with Crippen LogP contribution in [0.4, 0.5) is 4.39 Å². The predicted molar refractivity (Wildman–Crippen MR) is 83.2 cm³/mol. The van der Waals surface area contributed by atoms with E-state index in [4.69, 9.17) is 0 Å². The largest absolute Gasteiger partial charge is 0.342 e. The summed E-state index contributed by atoms with van der Waals surface area (Å²) in [6, 6.07) is 5.79. The molecule has 0 aliphatic carbocycles. The number of amides is 1. The third-order valence-corrected chi connectivity index (χ3v) is 3.74. The number of nitrogens with zero attached hydrogens (tertiary/aromatic N) is 2. The average Bonchev–Trinajstić information content (AvgIpc) is 2.80. The fourth-order valence-electron chi connectivity index (χ4n) is 2.37. The van der Waals surface area contributed by atoms with Gasteiger partial charge in [0.05, 0.1) is 5.92 Å². The number of aromatic nitrogens is 2. The molecule has 118 valence electrons. The number of hydrogen-bond acceptors (Lipinski definition) is 3. The fraction of sp³-hybridized carbons (Fsp3) is 0.333. The van der Waals surface area contributed by atoms with Gasteiger partial charge in [0.15, 0.2) is 0 Å². The van der Waals surface area contributed by atoms with Crippen LogP contribution in [0.3, 0.4) is 0 Å². The normalized spacial score (nSPS) is 15.5. The summed E-state index contributed by atoms with van der Waals surface area (Å²) in [7, 11) is 1.85. The summed E-state index contributed by atoms with van der Waals surface area (Å²) in [5.41, 5.74) is 0.685. The van der Waals surface area contributed by atoms with Crippen molar-refractivity contribution in [3.05, 3.63) is 53.9 Å². The molecule has 1 aromatic carbocycles. The van der Waals surface area contributed by atoms with Crippen molar-refractivity contribution in [2.75, 3.05) is 13.1 Å². The molecule has 2 heterocycles. The van der Waals surface area contributed by atoms with Crippen LogP contribution in [-0.2, 0) is 11.8 Å². The van der Waals surface area contributed by atoms with Gasteiger partial charge in [-0.1, -0.05) is 12.1 Å². The van der Waals surface area contributed by atoms with Crippen LogP contribution < -0.4 is 10.6 Å². The van der Waals surface area contributed by atoms with E-state index in [9.17, 15) is 9.18 Å². The topological polar surface area (TPSA) is 59.0 Å². The zero-order chi connectivity index (χ0) is 14.8. The molecule has 1 aliphatic heterocycles. The van der Waals surface area contributed by atoms with Crippen molar-refractivity contribution in [1.82, 2.24) is 20.2 Å². The van der Waals surface area contributed by atoms with E-state index < -0.39 is 6.04 Å². The number of benzene rings is 1. The maximum Gasteiger partial charge on any atom is 0.226 e. The van der Waals surface area contributed by atoms with Gasteiger partial charge in [-0.05, 0) is 17.7 Å². The zero-order valence-electron chi connectivity index (χ0n) is 12.1. The molecule has 0 saturated carbocycles. The number of carbonyl (C=O) groups is 1. The third-order valence-electron chi connectivity index (χ3n) is 3.74. The van der Waals surface area contributed by atoms with Gasteiger partial charge in [0.25, 0.3) is 0 Å². The van der Waals surface area contributed by atoms with E-state index in [1.807, 2.05) is 11.6 Å². The highest BCUT2D eigenvalue weighted by atomic mass is 35.5. The van der Waals surface area contributed by atoms with E-state index in [-0.39, 0.29) is 30.0 Å². The highest BCUT2D eigenvalue weighted by molar-refractivity contribution is 5.85.